The maximum absolute atomic E-state index is 12.9. The first-order valence-corrected chi connectivity index (χ1v) is 12.1. The minimum absolute atomic E-state index is 0.0682. The van der Waals surface area contributed by atoms with Crippen molar-refractivity contribution in [2.45, 2.75) is 85.5 Å². The van der Waals surface area contributed by atoms with Crippen molar-refractivity contribution in [2.24, 2.45) is 40.9 Å². The Hall–Kier alpha value is -2.45. The van der Waals surface area contributed by atoms with Crippen molar-refractivity contribution >= 4 is 29.7 Å². The summed E-state index contributed by atoms with van der Waals surface area (Å²) in [6, 6.07) is 0. The molecule has 0 spiro atoms. The van der Waals surface area contributed by atoms with Gasteiger partial charge in [0.25, 0.3) is 0 Å². The quantitative estimate of drug-likeness (QED) is 0.424. The molecule has 0 aromatic rings. The van der Waals surface area contributed by atoms with Gasteiger partial charge in [-0.3, -0.25) is 19.2 Å². The molecule has 3 saturated carbocycles. The Morgan fingerprint density at radius 1 is 0.912 bits per heavy atom. The minimum atomic E-state index is -1.26. The highest BCUT2D eigenvalue weighted by Gasteiger charge is 2.66. The molecule has 3 aliphatic rings. The number of carboxylic acids is 1. The van der Waals surface area contributed by atoms with E-state index in [1.165, 1.54) is 27.7 Å². The molecule has 10 atom stereocenters. The molecule has 9 heteroatoms. The van der Waals surface area contributed by atoms with Crippen LogP contribution >= 0.6 is 0 Å². The summed E-state index contributed by atoms with van der Waals surface area (Å²) in [6.07, 6.45) is -0.745. The smallest absolute Gasteiger partial charge is 0.303 e. The zero-order valence-electron chi connectivity index (χ0n) is 20.7. The first-order chi connectivity index (χ1) is 15.8. The van der Waals surface area contributed by atoms with E-state index in [4.69, 9.17) is 14.2 Å². The molecular formula is C25H35O9-. The third kappa shape index (κ3) is 4.45. The van der Waals surface area contributed by atoms with Crippen LogP contribution in [0.4, 0.5) is 0 Å². The fourth-order valence-corrected chi connectivity index (χ4v) is 7.44. The summed E-state index contributed by atoms with van der Waals surface area (Å²) in [7, 11) is 0. The number of hydrogen-bond donors (Lipinski definition) is 0. The average molecular weight is 480 g/mol. The number of fused-ring (bicyclic) bond motifs is 3. The van der Waals surface area contributed by atoms with Gasteiger partial charge in [0.1, 0.15) is 18.0 Å². The normalized spacial score (nSPS) is 40.2. The summed E-state index contributed by atoms with van der Waals surface area (Å²) in [4.78, 5) is 60.8. The summed E-state index contributed by atoms with van der Waals surface area (Å²) < 4.78 is 17.1. The van der Waals surface area contributed by atoms with Crippen LogP contribution in [0.25, 0.3) is 0 Å². The number of carbonyl (C=O) groups is 5. The molecule has 0 aromatic heterocycles. The van der Waals surface area contributed by atoms with Gasteiger partial charge in [-0.1, -0.05) is 20.8 Å². The summed E-state index contributed by atoms with van der Waals surface area (Å²) in [5.41, 5.74) is -0.727. The fourth-order valence-electron chi connectivity index (χ4n) is 7.44. The lowest BCUT2D eigenvalue weighted by atomic mass is 9.44. The minimum Gasteiger partial charge on any atom is -0.550 e. The Morgan fingerprint density at radius 3 is 2.00 bits per heavy atom. The van der Waals surface area contributed by atoms with Gasteiger partial charge < -0.3 is 24.1 Å². The molecule has 0 N–H and O–H groups in total. The van der Waals surface area contributed by atoms with Crippen molar-refractivity contribution in [1.29, 1.82) is 0 Å². The second-order valence-electron chi connectivity index (χ2n) is 10.5. The van der Waals surface area contributed by atoms with Gasteiger partial charge in [0.2, 0.25) is 0 Å². The van der Waals surface area contributed by atoms with Gasteiger partial charge in [-0.05, 0) is 37.0 Å². The number of ether oxygens (including phenoxy) is 3. The number of rotatable bonds is 5. The van der Waals surface area contributed by atoms with E-state index in [-0.39, 0.29) is 35.9 Å². The number of Topliss-reactive ketones (excluding diaryl/α,β-unsaturated/α-hetero) is 1. The Labute approximate surface area is 199 Å². The predicted molar refractivity (Wildman–Crippen MR) is 116 cm³/mol. The standard InChI is InChI=1S/C25H36O9/c1-11-17-8-7-16-18(9-10-19(29)20(16)12(2)24(30)31)25(17,6)23(34-15(5)28)22(33-14(4)27)21(11)32-13(3)26/h11-12,16-18,20-23H,7-10H2,1-6H3,(H,30,31)/p-1. The number of hydrogen-bond acceptors (Lipinski definition) is 9. The van der Waals surface area contributed by atoms with Gasteiger partial charge in [-0.15, -0.1) is 0 Å². The fraction of sp³-hybridized carbons (Fsp3) is 0.800. The van der Waals surface area contributed by atoms with Gasteiger partial charge >= 0.3 is 17.9 Å². The number of ketones is 1. The summed E-state index contributed by atoms with van der Waals surface area (Å²) in [6.45, 7) is 9.23. The second-order valence-corrected chi connectivity index (χ2v) is 10.5. The van der Waals surface area contributed by atoms with E-state index >= 15 is 0 Å². The number of carboxylic acid groups (broad SMARTS) is 1. The van der Waals surface area contributed by atoms with Gasteiger partial charge in [0.15, 0.2) is 6.10 Å². The topological polar surface area (TPSA) is 136 Å². The van der Waals surface area contributed by atoms with Crippen LogP contribution in [0.15, 0.2) is 0 Å². The van der Waals surface area contributed by atoms with Crippen molar-refractivity contribution in [2.75, 3.05) is 0 Å². The van der Waals surface area contributed by atoms with Crippen LogP contribution in [0.1, 0.15) is 67.2 Å². The van der Waals surface area contributed by atoms with Gasteiger partial charge in [0, 0.05) is 56.3 Å². The van der Waals surface area contributed by atoms with Crippen LogP contribution in [0.2, 0.25) is 0 Å². The first-order valence-electron chi connectivity index (χ1n) is 12.1. The molecule has 190 valence electrons. The van der Waals surface area contributed by atoms with Crippen molar-refractivity contribution in [3.63, 3.8) is 0 Å². The maximum Gasteiger partial charge on any atom is 0.303 e. The van der Waals surface area contributed by atoms with Crippen molar-refractivity contribution < 1.29 is 43.3 Å². The lowest BCUT2D eigenvalue weighted by Gasteiger charge is -2.63. The molecule has 0 saturated heterocycles. The van der Waals surface area contributed by atoms with E-state index in [2.05, 4.69) is 0 Å². The lowest BCUT2D eigenvalue weighted by molar-refractivity contribution is -0.314. The molecule has 0 aliphatic heterocycles. The van der Waals surface area contributed by atoms with Crippen LogP contribution in [0.3, 0.4) is 0 Å². The van der Waals surface area contributed by atoms with Crippen molar-refractivity contribution in [3.8, 4) is 0 Å². The largest absolute Gasteiger partial charge is 0.550 e. The Kier molecular flexibility index (Phi) is 7.43. The number of esters is 3. The molecule has 9 nitrogen and oxygen atoms in total. The van der Waals surface area contributed by atoms with E-state index in [0.29, 0.717) is 19.3 Å². The van der Waals surface area contributed by atoms with E-state index in [1.807, 2.05) is 13.8 Å². The van der Waals surface area contributed by atoms with E-state index in [0.717, 1.165) is 0 Å². The summed E-state index contributed by atoms with van der Waals surface area (Å²) in [5.74, 6) is -5.33. The average Bonchev–Trinajstić information content (AvgIpc) is 2.72. The molecule has 0 amide bonds. The third-order valence-corrected chi connectivity index (χ3v) is 8.66. The summed E-state index contributed by atoms with van der Waals surface area (Å²) in [5, 5.41) is 11.7. The highest BCUT2D eigenvalue weighted by atomic mass is 16.6. The molecule has 10 unspecified atom stereocenters. The zero-order chi connectivity index (χ0) is 25.5. The first kappa shape index (κ1) is 26.2. The lowest BCUT2D eigenvalue weighted by Crippen LogP contribution is -2.68. The van der Waals surface area contributed by atoms with E-state index in [1.54, 1.807) is 0 Å². The van der Waals surface area contributed by atoms with E-state index in [9.17, 15) is 29.1 Å². The van der Waals surface area contributed by atoms with Gasteiger partial charge in [-0.25, -0.2) is 0 Å². The Morgan fingerprint density at radius 2 is 1.47 bits per heavy atom. The van der Waals surface area contributed by atoms with Crippen LogP contribution in [-0.2, 0) is 38.2 Å². The van der Waals surface area contributed by atoms with Crippen LogP contribution < -0.4 is 5.11 Å². The highest BCUT2D eigenvalue weighted by Crippen LogP contribution is 2.63. The maximum atomic E-state index is 12.9. The van der Waals surface area contributed by atoms with Gasteiger partial charge in [-0.2, -0.15) is 0 Å². The molecule has 3 fully saturated rings. The highest BCUT2D eigenvalue weighted by molar-refractivity contribution is 5.86. The van der Waals surface area contributed by atoms with Gasteiger partial charge in [0.05, 0.1) is 0 Å². The molecular weight excluding hydrogens is 444 g/mol. The van der Waals surface area contributed by atoms with Crippen LogP contribution in [0, 0.1) is 40.9 Å². The Bertz CT molecular complexity index is 866. The SMILES string of the molecule is CC(=O)OC1C(C)C2CCC3C(C(C)C(=O)[O-])C(=O)CCC3C2(C)C(OC(C)=O)C1OC(C)=O. The van der Waals surface area contributed by atoms with Crippen molar-refractivity contribution in [3.05, 3.63) is 0 Å². The van der Waals surface area contributed by atoms with Crippen LogP contribution in [-0.4, -0.2) is 48.0 Å². The molecule has 0 bridgehead atoms. The molecule has 3 rings (SSSR count). The predicted octanol–water partition coefficient (Wildman–Crippen LogP) is 1.45. The number of carbonyl (C=O) groups excluding carboxylic acids is 5. The van der Waals surface area contributed by atoms with E-state index < -0.39 is 59.4 Å². The van der Waals surface area contributed by atoms with Crippen LogP contribution in [0.5, 0.6) is 0 Å². The molecule has 0 heterocycles. The second kappa shape index (κ2) is 9.66. The molecule has 34 heavy (non-hydrogen) atoms. The third-order valence-electron chi connectivity index (χ3n) is 8.66. The monoisotopic (exact) mass is 479 g/mol. The summed E-state index contributed by atoms with van der Waals surface area (Å²) >= 11 is 0. The Balaban J connectivity index is 2.13. The molecule has 0 aromatic carbocycles. The molecule has 3 aliphatic carbocycles. The van der Waals surface area contributed by atoms with Crippen molar-refractivity contribution in [1.82, 2.24) is 0 Å². The molecule has 0 radical (unpaired) electrons. The number of aliphatic carboxylic acids is 1. The zero-order valence-corrected chi connectivity index (χ0v) is 20.7.